The first-order chi connectivity index (χ1) is 6.20. The van der Waals surface area contributed by atoms with Crippen molar-refractivity contribution in [3.63, 3.8) is 0 Å². The third-order valence-corrected chi connectivity index (χ3v) is 3.78. The van der Waals surface area contributed by atoms with Gasteiger partial charge in [0.15, 0.2) is 0 Å². The van der Waals surface area contributed by atoms with Gasteiger partial charge in [0.2, 0.25) is 0 Å². The predicted molar refractivity (Wildman–Crippen MR) is 49.0 cm³/mol. The Morgan fingerprint density at radius 1 is 1.62 bits per heavy atom. The largest absolute Gasteiger partial charge is 0.466 e. The van der Waals surface area contributed by atoms with Crippen LogP contribution in [-0.4, -0.2) is 18.6 Å². The van der Waals surface area contributed by atoms with E-state index in [0.29, 0.717) is 6.61 Å². The van der Waals surface area contributed by atoms with Crippen molar-refractivity contribution in [2.24, 2.45) is 17.1 Å². The number of ether oxygens (including phenoxy) is 1. The van der Waals surface area contributed by atoms with Gasteiger partial charge in [-0.3, -0.25) is 4.79 Å². The maximum absolute atomic E-state index is 11.5. The van der Waals surface area contributed by atoms with E-state index in [9.17, 15) is 4.79 Å². The van der Waals surface area contributed by atoms with Gasteiger partial charge in [-0.2, -0.15) is 0 Å². The van der Waals surface area contributed by atoms with Crippen LogP contribution in [-0.2, 0) is 9.53 Å². The molecular formula is C10H17NO2. The molecule has 2 aliphatic rings. The molecular weight excluding hydrogens is 166 g/mol. The van der Waals surface area contributed by atoms with Crippen LogP contribution in [0.15, 0.2) is 0 Å². The lowest BCUT2D eigenvalue weighted by molar-refractivity contribution is -0.171. The molecule has 2 aliphatic carbocycles. The summed E-state index contributed by atoms with van der Waals surface area (Å²) in [5, 5.41) is 0. The second-order valence-corrected chi connectivity index (χ2v) is 4.23. The van der Waals surface area contributed by atoms with E-state index in [1.54, 1.807) is 0 Å². The van der Waals surface area contributed by atoms with E-state index < -0.39 is 0 Å². The Labute approximate surface area is 78.6 Å². The normalized spacial score (nSPS) is 34.9. The van der Waals surface area contributed by atoms with Crippen LogP contribution in [0.1, 0.15) is 32.6 Å². The molecule has 0 aromatic rings. The van der Waals surface area contributed by atoms with Gasteiger partial charge in [-0.15, -0.1) is 0 Å². The molecule has 0 aromatic carbocycles. The Morgan fingerprint density at radius 2 is 2.31 bits per heavy atom. The Morgan fingerprint density at radius 3 is 2.69 bits per heavy atom. The zero-order valence-electron chi connectivity index (χ0n) is 8.08. The monoisotopic (exact) mass is 183 g/mol. The highest BCUT2D eigenvalue weighted by molar-refractivity contribution is 5.75. The molecule has 0 saturated heterocycles. The van der Waals surface area contributed by atoms with Crippen molar-refractivity contribution in [1.82, 2.24) is 0 Å². The van der Waals surface area contributed by atoms with Crippen LogP contribution >= 0.6 is 0 Å². The zero-order chi connectivity index (χ0) is 9.47. The number of nitrogens with two attached hydrogens (primary N) is 1. The van der Waals surface area contributed by atoms with E-state index in [0.717, 1.165) is 19.3 Å². The lowest BCUT2D eigenvalue weighted by Gasteiger charge is -2.59. The molecule has 2 rings (SSSR count). The second-order valence-electron chi connectivity index (χ2n) is 4.23. The zero-order valence-corrected chi connectivity index (χ0v) is 8.08. The van der Waals surface area contributed by atoms with E-state index in [1.807, 2.05) is 6.92 Å². The summed E-state index contributed by atoms with van der Waals surface area (Å²) in [6.45, 7) is 2.34. The van der Waals surface area contributed by atoms with Crippen molar-refractivity contribution in [2.45, 2.75) is 38.6 Å². The van der Waals surface area contributed by atoms with Crippen molar-refractivity contribution in [2.75, 3.05) is 6.61 Å². The van der Waals surface area contributed by atoms with Gasteiger partial charge >= 0.3 is 5.97 Å². The molecule has 0 amide bonds. The van der Waals surface area contributed by atoms with E-state index >= 15 is 0 Å². The van der Waals surface area contributed by atoms with Gasteiger partial charge in [0.1, 0.15) is 0 Å². The fraction of sp³-hybridized carbons (Fsp3) is 0.900. The molecule has 0 bridgehead atoms. The number of carbonyl (C=O) groups is 1. The number of esters is 1. The molecule has 0 aliphatic heterocycles. The molecule has 0 aromatic heterocycles. The summed E-state index contributed by atoms with van der Waals surface area (Å²) in [6, 6.07) is 0.246. The van der Waals surface area contributed by atoms with Gasteiger partial charge in [0, 0.05) is 6.04 Å². The molecule has 3 heteroatoms. The summed E-state index contributed by atoms with van der Waals surface area (Å²) in [4.78, 5) is 11.5. The Hall–Kier alpha value is -0.570. The summed E-state index contributed by atoms with van der Waals surface area (Å²) in [6.07, 6.45) is 4.30. The average Bonchev–Trinajstić information content (AvgIpc) is 1.97. The summed E-state index contributed by atoms with van der Waals surface area (Å²) < 4.78 is 5.03. The number of carbonyl (C=O) groups excluding carboxylic acids is 1. The molecule has 0 heterocycles. The van der Waals surface area contributed by atoms with Crippen molar-refractivity contribution in [3.05, 3.63) is 0 Å². The molecule has 0 unspecified atom stereocenters. The fourth-order valence-electron chi connectivity index (χ4n) is 2.70. The molecule has 2 N–H and O–H groups in total. The van der Waals surface area contributed by atoms with Crippen LogP contribution < -0.4 is 5.73 Å². The minimum atomic E-state index is -0.0242. The molecule has 2 saturated carbocycles. The van der Waals surface area contributed by atoms with Gasteiger partial charge in [-0.05, 0) is 31.6 Å². The first-order valence-corrected chi connectivity index (χ1v) is 5.13. The van der Waals surface area contributed by atoms with Crippen molar-refractivity contribution in [1.29, 1.82) is 0 Å². The molecule has 74 valence electrons. The van der Waals surface area contributed by atoms with Crippen LogP contribution in [0, 0.1) is 11.3 Å². The third kappa shape index (κ3) is 1.10. The van der Waals surface area contributed by atoms with E-state index in [1.165, 1.54) is 6.42 Å². The Kier molecular flexibility index (Phi) is 2.06. The van der Waals surface area contributed by atoms with Crippen LogP contribution in [0.5, 0.6) is 0 Å². The number of hydrogen-bond donors (Lipinski definition) is 1. The van der Waals surface area contributed by atoms with E-state index in [4.69, 9.17) is 10.5 Å². The highest BCUT2D eigenvalue weighted by Gasteiger charge is 2.59. The molecule has 13 heavy (non-hydrogen) atoms. The highest BCUT2D eigenvalue weighted by atomic mass is 16.5. The topological polar surface area (TPSA) is 52.3 Å². The molecule has 2 fully saturated rings. The summed E-state index contributed by atoms with van der Waals surface area (Å²) in [7, 11) is 0. The first-order valence-electron chi connectivity index (χ1n) is 5.13. The maximum Gasteiger partial charge on any atom is 0.309 e. The molecule has 3 nitrogen and oxygen atoms in total. The van der Waals surface area contributed by atoms with Gasteiger partial charge in [0.05, 0.1) is 12.5 Å². The van der Waals surface area contributed by atoms with Gasteiger partial charge in [-0.25, -0.2) is 0 Å². The Balaban J connectivity index is 1.98. The van der Waals surface area contributed by atoms with Crippen LogP contribution in [0.3, 0.4) is 0 Å². The summed E-state index contributed by atoms with van der Waals surface area (Å²) in [5.41, 5.74) is 6.08. The average molecular weight is 183 g/mol. The summed E-state index contributed by atoms with van der Waals surface area (Å²) in [5.74, 6) is 0.0834. The van der Waals surface area contributed by atoms with Crippen molar-refractivity contribution < 1.29 is 9.53 Å². The first kappa shape index (κ1) is 9.00. The minimum Gasteiger partial charge on any atom is -0.466 e. The fourth-order valence-corrected chi connectivity index (χ4v) is 2.70. The molecule has 2 atom stereocenters. The number of hydrogen-bond acceptors (Lipinski definition) is 3. The van der Waals surface area contributed by atoms with Crippen molar-refractivity contribution >= 4 is 5.97 Å². The van der Waals surface area contributed by atoms with Gasteiger partial charge < -0.3 is 10.5 Å². The van der Waals surface area contributed by atoms with E-state index in [-0.39, 0.29) is 23.3 Å². The van der Waals surface area contributed by atoms with E-state index in [2.05, 4.69) is 0 Å². The Bertz CT molecular complexity index is 223. The SMILES string of the molecule is CCOC(=O)[C@@H]1C[C@H](N)C12CCC2. The smallest absolute Gasteiger partial charge is 0.309 e. The predicted octanol–water partition coefficient (Wildman–Crippen LogP) is 1.07. The quantitative estimate of drug-likeness (QED) is 0.651. The lowest BCUT2D eigenvalue weighted by Crippen LogP contribution is -2.63. The minimum absolute atomic E-state index is 0.0242. The van der Waals surface area contributed by atoms with Crippen LogP contribution in [0.4, 0.5) is 0 Å². The highest BCUT2D eigenvalue weighted by Crippen LogP contribution is 2.59. The molecule has 0 radical (unpaired) electrons. The van der Waals surface area contributed by atoms with Gasteiger partial charge in [0.25, 0.3) is 0 Å². The second kappa shape index (κ2) is 2.98. The maximum atomic E-state index is 11.5. The van der Waals surface area contributed by atoms with Crippen LogP contribution in [0.25, 0.3) is 0 Å². The lowest BCUT2D eigenvalue weighted by atomic mass is 9.47. The third-order valence-electron chi connectivity index (χ3n) is 3.78. The standard InChI is InChI=1S/C10H17NO2/c1-2-13-9(12)7-6-8(11)10(7)4-3-5-10/h7-8H,2-6,11H2,1H3/t7-,8-/m0/s1. The summed E-state index contributed by atoms with van der Waals surface area (Å²) >= 11 is 0. The molecule has 1 spiro atoms. The number of rotatable bonds is 2. The van der Waals surface area contributed by atoms with Gasteiger partial charge in [-0.1, -0.05) is 6.42 Å². The van der Waals surface area contributed by atoms with Crippen molar-refractivity contribution in [3.8, 4) is 0 Å². The van der Waals surface area contributed by atoms with Crippen LogP contribution in [0.2, 0.25) is 0 Å².